The third-order valence-electron chi connectivity index (χ3n) is 7.03. The predicted octanol–water partition coefficient (Wildman–Crippen LogP) is 7.07. The lowest BCUT2D eigenvalue weighted by atomic mass is 9.78. The molecule has 3 rings (SSSR count). The van der Waals surface area contributed by atoms with Crippen LogP contribution in [0.5, 0.6) is 0 Å². The molecule has 0 amide bonds. The van der Waals surface area contributed by atoms with Gasteiger partial charge in [-0.2, -0.15) is 0 Å². The molecular weight excluding hydrogens is 360 g/mol. The fourth-order valence-corrected chi connectivity index (χ4v) is 5.25. The van der Waals surface area contributed by atoms with Gasteiger partial charge in [0.1, 0.15) is 0 Å². The van der Waals surface area contributed by atoms with Crippen LogP contribution in [-0.4, -0.2) is 16.9 Å². The quantitative estimate of drug-likeness (QED) is 0.592. The Morgan fingerprint density at radius 2 is 1.38 bits per heavy atom. The molecule has 3 nitrogen and oxygen atoms in total. The lowest BCUT2D eigenvalue weighted by molar-refractivity contribution is -0.137. The van der Waals surface area contributed by atoms with Crippen LogP contribution in [0.2, 0.25) is 0 Å². The van der Waals surface area contributed by atoms with Crippen LogP contribution in [0.4, 0.5) is 0 Å². The molecule has 0 bridgehead atoms. The van der Waals surface area contributed by atoms with Gasteiger partial charge in [-0.25, -0.2) is 0 Å². The van der Waals surface area contributed by atoms with Crippen molar-refractivity contribution >= 4 is 11.8 Å². The highest BCUT2D eigenvalue weighted by Gasteiger charge is 2.29. The molecule has 1 atom stereocenters. The summed E-state index contributed by atoms with van der Waals surface area (Å²) >= 11 is 0. The van der Waals surface area contributed by atoms with Gasteiger partial charge < -0.3 is 5.11 Å². The molecule has 29 heavy (non-hydrogen) atoms. The highest BCUT2D eigenvalue weighted by atomic mass is 16.4. The summed E-state index contributed by atoms with van der Waals surface area (Å²) in [7, 11) is 0. The van der Waals surface area contributed by atoms with Crippen LogP contribution in [0.1, 0.15) is 124 Å². The number of aryl methyl sites for hydroxylation is 1. The molecule has 0 radical (unpaired) electrons. The first kappa shape index (κ1) is 22.1. The molecular formula is C26H38O3. The zero-order valence-corrected chi connectivity index (χ0v) is 18.0. The number of carbonyl (C=O) groups excluding carboxylic acids is 1. The smallest absolute Gasteiger partial charge is 0.304 e. The van der Waals surface area contributed by atoms with Crippen LogP contribution in [-0.2, 0) is 11.2 Å². The van der Waals surface area contributed by atoms with Gasteiger partial charge >= 0.3 is 5.97 Å². The average molecular weight is 399 g/mol. The Balaban J connectivity index is 1.67. The molecule has 0 aliphatic heterocycles. The minimum Gasteiger partial charge on any atom is -0.481 e. The van der Waals surface area contributed by atoms with E-state index < -0.39 is 5.97 Å². The number of fused-ring (bicyclic) bond motifs is 1. The molecule has 1 unspecified atom stereocenters. The molecule has 0 spiro atoms. The molecule has 3 heteroatoms. The Morgan fingerprint density at radius 1 is 0.828 bits per heavy atom. The van der Waals surface area contributed by atoms with Crippen LogP contribution in [0, 0.1) is 5.92 Å². The molecule has 1 aromatic rings. The van der Waals surface area contributed by atoms with E-state index in [1.54, 1.807) is 0 Å². The zero-order chi connectivity index (χ0) is 20.5. The van der Waals surface area contributed by atoms with Gasteiger partial charge in [0.2, 0.25) is 0 Å². The molecule has 2 aliphatic carbocycles. The van der Waals surface area contributed by atoms with Gasteiger partial charge in [-0.3, -0.25) is 9.59 Å². The van der Waals surface area contributed by atoms with Crippen molar-refractivity contribution in [3.8, 4) is 0 Å². The van der Waals surface area contributed by atoms with E-state index in [2.05, 4.69) is 12.1 Å². The SMILES string of the molecule is O=C(O)CC1CCc2cc(C3CCCCCCCCCCCCC3)ccc2C1=O. The Hall–Kier alpha value is -1.64. The van der Waals surface area contributed by atoms with Crippen molar-refractivity contribution in [2.24, 2.45) is 5.92 Å². The third kappa shape index (κ3) is 6.69. The number of rotatable bonds is 3. The number of hydrogen-bond donors (Lipinski definition) is 1. The summed E-state index contributed by atoms with van der Waals surface area (Å²) in [5.41, 5.74) is 3.32. The Morgan fingerprint density at radius 3 is 1.93 bits per heavy atom. The maximum atomic E-state index is 12.7. The second-order valence-corrected chi connectivity index (χ2v) is 9.28. The largest absolute Gasteiger partial charge is 0.481 e. The summed E-state index contributed by atoms with van der Waals surface area (Å²) in [5, 5.41) is 9.06. The van der Waals surface area contributed by atoms with Crippen molar-refractivity contribution in [2.75, 3.05) is 0 Å². The maximum absolute atomic E-state index is 12.7. The monoisotopic (exact) mass is 398 g/mol. The van der Waals surface area contributed by atoms with Crippen LogP contribution >= 0.6 is 0 Å². The number of aliphatic carboxylic acids is 1. The Labute approximate surface area is 176 Å². The maximum Gasteiger partial charge on any atom is 0.304 e. The first-order chi connectivity index (χ1) is 14.1. The van der Waals surface area contributed by atoms with Gasteiger partial charge in [0.15, 0.2) is 5.78 Å². The summed E-state index contributed by atoms with van der Waals surface area (Å²) in [6, 6.07) is 6.43. The number of carboxylic acids is 1. The summed E-state index contributed by atoms with van der Waals surface area (Å²) < 4.78 is 0. The van der Waals surface area contributed by atoms with Gasteiger partial charge in [-0.15, -0.1) is 0 Å². The van der Waals surface area contributed by atoms with Gasteiger partial charge in [-0.1, -0.05) is 88.8 Å². The fraction of sp³-hybridized carbons (Fsp3) is 0.692. The van der Waals surface area contributed by atoms with Crippen molar-refractivity contribution < 1.29 is 14.7 Å². The van der Waals surface area contributed by atoms with Gasteiger partial charge in [0, 0.05) is 11.5 Å². The van der Waals surface area contributed by atoms with Crippen molar-refractivity contribution in [3.05, 3.63) is 34.9 Å². The van der Waals surface area contributed by atoms with Crippen LogP contribution in [0.3, 0.4) is 0 Å². The second-order valence-electron chi connectivity index (χ2n) is 9.28. The molecule has 0 saturated heterocycles. The lowest BCUT2D eigenvalue weighted by Gasteiger charge is -2.25. The molecule has 1 saturated carbocycles. The molecule has 0 heterocycles. The minimum absolute atomic E-state index is 0.0335. The van der Waals surface area contributed by atoms with E-state index in [1.807, 2.05) is 6.07 Å². The average Bonchev–Trinajstić information content (AvgIpc) is 2.71. The second kappa shape index (κ2) is 11.5. The van der Waals surface area contributed by atoms with E-state index >= 15 is 0 Å². The molecule has 0 aromatic heterocycles. The van der Waals surface area contributed by atoms with Crippen molar-refractivity contribution in [2.45, 2.75) is 109 Å². The molecule has 1 fully saturated rings. The zero-order valence-electron chi connectivity index (χ0n) is 18.0. The van der Waals surface area contributed by atoms with Crippen LogP contribution in [0.15, 0.2) is 18.2 Å². The van der Waals surface area contributed by atoms with E-state index in [4.69, 9.17) is 5.11 Å². The summed E-state index contributed by atoms with van der Waals surface area (Å²) in [5.74, 6) is -0.579. The number of hydrogen-bond acceptors (Lipinski definition) is 2. The van der Waals surface area contributed by atoms with Crippen molar-refractivity contribution in [1.82, 2.24) is 0 Å². The summed E-state index contributed by atoms with van der Waals surface area (Å²) in [4.78, 5) is 23.7. The van der Waals surface area contributed by atoms with Crippen LogP contribution < -0.4 is 0 Å². The van der Waals surface area contributed by atoms with Gasteiger partial charge in [0.05, 0.1) is 6.42 Å². The Bertz CT molecular complexity index is 665. The number of carboxylic acid groups (broad SMARTS) is 1. The number of carbonyl (C=O) groups is 2. The van der Waals surface area contributed by atoms with Gasteiger partial charge in [-0.05, 0) is 42.7 Å². The normalized spacial score (nSPS) is 23.2. The van der Waals surface area contributed by atoms with Crippen LogP contribution in [0.25, 0.3) is 0 Å². The van der Waals surface area contributed by atoms with E-state index in [9.17, 15) is 9.59 Å². The molecule has 160 valence electrons. The number of benzene rings is 1. The number of ketones is 1. The lowest BCUT2D eigenvalue weighted by Crippen LogP contribution is -2.25. The summed E-state index contributed by atoms with van der Waals surface area (Å²) in [6.45, 7) is 0. The predicted molar refractivity (Wildman–Crippen MR) is 118 cm³/mol. The molecule has 1 aromatic carbocycles. The topological polar surface area (TPSA) is 54.4 Å². The third-order valence-corrected chi connectivity index (χ3v) is 7.03. The standard InChI is InChI=1S/C26H38O3/c27-25(28)19-23-15-14-22-18-21(16-17-24(22)26(23)29)20-12-10-8-6-4-2-1-3-5-7-9-11-13-20/h16-18,20,23H,1-15,19H2,(H,27,28). The first-order valence-electron chi connectivity index (χ1n) is 12.0. The number of Topliss-reactive ketones (excluding diaryl/α,β-unsaturated/α-hetero) is 1. The first-order valence-corrected chi connectivity index (χ1v) is 12.0. The van der Waals surface area contributed by atoms with E-state index in [0.717, 1.165) is 17.5 Å². The molecule has 2 aliphatic rings. The highest BCUT2D eigenvalue weighted by molar-refractivity contribution is 6.01. The van der Waals surface area contributed by atoms with Crippen molar-refractivity contribution in [3.63, 3.8) is 0 Å². The van der Waals surface area contributed by atoms with Crippen molar-refractivity contribution in [1.29, 1.82) is 0 Å². The highest BCUT2D eigenvalue weighted by Crippen LogP contribution is 2.34. The Kier molecular flexibility index (Phi) is 8.76. The van der Waals surface area contributed by atoms with E-state index in [0.29, 0.717) is 12.3 Å². The van der Waals surface area contributed by atoms with E-state index in [1.165, 1.54) is 89.0 Å². The fourth-order valence-electron chi connectivity index (χ4n) is 5.25. The molecule has 1 N–H and O–H groups in total. The van der Waals surface area contributed by atoms with Gasteiger partial charge in [0.25, 0.3) is 0 Å². The van der Waals surface area contributed by atoms with E-state index in [-0.39, 0.29) is 18.1 Å². The summed E-state index contributed by atoms with van der Waals surface area (Å²) in [6.07, 6.45) is 19.0. The minimum atomic E-state index is -0.872.